The monoisotopic (exact) mass is 205 g/mol. The number of methoxy groups -OCH3 is 1. The van der Waals surface area contributed by atoms with E-state index in [1.807, 2.05) is 18.2 Å². The van der Waals surface area contributed by atoms with Crippen molar-refractivity contribution >= 4 is 11.0 Å². The van der Waals surface area contributed by atoms with Crippen molar-refractivity contribution in [3.05, 3.63) is 29.5 Å². The van der Waals surface area contributed by atoms with Gasteiger partial charge in [0.25, 0.3) is 0 Å². The van der Waals surface area contributed by atoms with E-state index in [-0.39, 0.29) is 0 Å². The van der Waals surface area contributed by atoms with Crippen molar-refractivity contribution in [2.75, 3.05) is 7.11 Å². The zero-order valence-corrected chi connectivity index (χ0v) is 9.04. The normalized spacial score (nSPS) is 10.9. The fourth-order valence-electron chi connectivity index (χ4n) is 1.86. The van der Waals surface area contributed by atoms with Crippen LogP contribution >= 0.6 is 0 Å². The van der Waals surface area contributed by atoms with Crippen LogP contribution < -0.4 is 10.5 Å². The minimum absolute atomic E-state index is 0.445. The summed E-state index contributed by atoms with van der Waals surface area (Å²) in [5.41, 5.74) is 7.70. The van der Waals surface area contributed by atoms with Gasteiger partial charge in [-0.2, -0.15) is 0 Å². The minimum Gasteiger partial charge on any atom is -0.497 e. The maximum Gasteiger partial charge on any atom is 0.134 e. The molecular weight excluding hydrogens is 190 g/mol. The predicted octanol–water partition coefficient (Wildman–Crippen LogP) is 2.46. The Morgan fingerprint density at radius 1 is 1.40 bits per heavy atom. The Hall–Kier alpha value is -1.48. The average molecular weight is 205 g/mol. The quantitative estimate of drug-likeness (QED) is 0.837. The van der Waals surface area contributed by atoms with Crippen LogP contribution in [0.15, 0.2) is 22.6 Å². The van der Waals surface area contributed by atoms with Crippen molar-refractivity contribution in [2.45, 2.75) is 19.9 Å². The van der Waals surface area contributed by atoms with Gasteiger partial charge in [-0.15, -0.1) is 0 Å². The molecule has 0 spiro atoms. The number of aryl methyl sites for hydroxylation is 1. The van der Waals surface area contributed by atoms with Crippen molar-refractivity contribution in [3.63, 3.8) is 0 Å². The van der Waals surface area contributed by atoms with Gasteiger partial charge in [-0.05, 0) is 24.6 Å². The molecule has 0 radical (unpaired) electrons. The molecule has 2 rings (SSSR count). The van der Waals surface area contributed by atoms with Gasteiger partial charge in [0.15, 0.2) is 0 Å². The van der Waals surface area contributed by atoms with E-state index in [2.05, 4.69) is 6.92 Å². The van der Waals surface area contributed by atoms with E-state index in [0.29, 0.717) is 6.54 Å². The van der Waals surface area contributed by atoms with Gasteiger partial charge in [-0.3, -0.25) is 0 Å². The lowest BCUT2D eigenvalue weighted by Gasteiger charge is -1.99. The topological polar surface area (TPSA) is 48.4 Å². The second kappa shape index (κ2) is 3.95. The Bertz CT molecular complexity index is 474. The number of hydrogen-bond donors (Lipinski definition) is 1. The average Bonchev–Trinajstić information content (AvgIpc) is 2.65. The first-order valence-corrected chi connectivity index (χ1v) is 5.08. The molecule has 0 aliphatic carbocycles. The second-order valence-corrected chi connectivity index (χ2v) is 3.42. The first kappa shape index (κ1) is 10.1. The summed E-state index contributed by atoms with van der Waals surface area (Å²) in [4.78, 5) is 0. The summed E-state index contributed by atoms with van der Waals surface area (Å²) in [7, 11) is 1.66. The molecule has 80 valence electrons. The molecule has 0 aliphatic heterocycles. The Morgan fingerprint density at radius 2 is 2.20 bits per heavy atom. The molecule has 3 heteroatoms. The van der Waals surface area contributed by atoms with Crippen LogP contribution in [0, 0.1) is 0 Å². The molecule has 0 saturated heterocycles. The molecule has 1 aromatic carbocycles. The molecule has 1 aromatic heterocycles. The van der Waals surface area contributed by atoms with Crippen molar-refractivity contribution in [3.8, 4) is 5.75 Å². The van der Waals surface area contributed by atoms with Gasteiger partial charge in [0.05, 0.1) is 13.7 Å². The summed E-state index contributed by atoms with van der Waals surface area (Å²) in [6.07, 6.45) is 0.923. The number of rotatable bonds is 3. The fraction of sp³-hybridized carbons (Fsp3) is 0.333. The Balaban J connectivity index is 2.67. The van der Waals surface area contributed by atoms with Crippen LogP contribution in [0.3, 0.4) is 0 Å². The van der Waals surface area contributed by atoms with Gasteiger partial charge in [-0.1, -0.05) is 6.92 Å². The highest BCUT2D eigenvalue weighted by Gasteiger charge is 2.11. The second-order valence-electron chi connectivity index (χ2n) is 3.42. The highest BCUT2D eigenvalue weighted by Crippen LogP contribution is 2.29. The summed E-state index contributed by atoms with van der Waals surface area (Å²) in [5, 5.41) is 1.11. The third-order valence-electron chi connectivity index (χ3n) is 2.62. The van der Waals surface area contributed by atoms with E-state index < -0.39 is 0 Å². The van der Waals surface area contributed by atoms with Gasteiger partial charge in [0.1, 0.15) is 17.1 Å². The third-order valence-corrected chi connectivity index (χ3v) is 2.62. The van der Waals surface area contributed by atoms with E-state index >= 15 is 0 Å². The molecule has 2 N–H and O–H groups in total. The summed E-state index contributed by atoms with van der Waals surface area (Å²) in [6, 6.07) is 5.81. The van der Waals surface area contributed by atoms with E-state index in [4.69, 9.17) is 14.9 Å². The molecule has 0 amide bonds. The Morgan fingerprint density at radius 3 is 2.80 bits per heavy atom. The SMILES string of the molecule is CCc1c(CN)oc2ccc(OC)cc12. The van der Waals surface area contributed by atoms with Crippen LogP contribution in [0.25, 0.3) is 11.0 Å². The zero-order valence-electron chi connectivity index (χ0n) is 9.04. The van der Waals surface area contributed by atoms with Crippen molar-refractivity contribution in [1.82, 2.24) is 0 Å². The minimum atomic E-state index is 0.445. The van der Waals surface area contributed by atoms with E-state index in [9.17, 15) is 0 Å². The molecule has 0 atom stereocenters. The van der Waals surface area contributed by atoms with E-state index in [0.717, 1.165) is 28.9 Å². The van der Waals surface area contributed by atoms with Gasteiger partial charge in [0, 0.05) is 10.9 Å². The number of hydrogen-bond acceptors (Lipinski definition) is 3. The number of nitrogens with two attached hydrogens (primary N) is 1. The standard InChI is InChI=1S/C12H15NO2/c1-3-9-10-6-8(14-2)4-5-11(10)15-12(9)7-13/h4-6H,3,7,13H2,1-2H3. The molecule has 15 heavy (non-hydrogen) atoms. The Kier molecular flexibility index (Phi) is 2.64. The number of benzene rings is 1. The number of furan rings is 1. The molecule has 0 unspecified atom stereocenters. The first-order valence-electron chi connectivity index (χ1n) is 5.08. The molecule has 0 bridgehead atoms. The molecule has 1 heterocycles. The lowest BCUT2D eigenvalue weighted by molar-refractivity contribution is 0.415. The summed E-state index contributed by atoms with van der Waals surface area (Å²) in [5.74, 6) is 1.72. The predicted molar refractivity (Wildman–Crippen MR) is 60.0 cm³/mol. The van der Waals surface area contributed by atoms with Crippen molar-refractivity contribution in [2.24, 2.45) is 5.73 Å². The van der Waals surface area contributed by atoms with Crippen LogP contribution in [0.1, 0.15) is 18.2 Å². The molecule has 0 saturated carbocycles. The molecule has 0 fully saturated rings. The smallest absolute Gasteiger partial charge is 0.134 e. The molecule has 2 aromatic rings. The first-order chi connectivity index (χ1) is 7.30. The molecular formula is C12H15NO2. The lowest BCUT2D eigenvalue weighted by atomic mass is 10.1. The Labute approximate surface area is 88.8 Å². The third kappa shape index (κ3) is 1.59. The van der Waals surface area contributed by atoms with E-state index in [1.165, 1.54) is 5.56 Å². The van der Waals surface area contributed by atoms with Crippen molar-refractivity contribution < 1.29 is 9.15 Å². The van der Waals surface area contributed by atoms with Gasteiger partial charge in [0.2, 0.25) is 0 Å². The summed E-state index contributed by atoms with van der Waals surface area (Å²) in [6.45, 7) is 2.54. The number of fused-ring (bicyclic) bond motifs is 1. The van der Waals surface area contributed by atoms with Crippen LogP contribution in [-0.4, -0.2) is 7.11 Å². The lowest BCUT2D eigenvalue weighted by Crippen LogP contribution is -1.97. The van der Waals surface area contributed by atoms with Crippen molar-refractivity contribution in [1.29, 1.82) is 0 Å². The highest BCUT2D eigenvalue weighted by molar-refractivity contribution is 5.83. The van der Waals surface area contributed by atoms with Crippen LogP contribution in [0.4, 0.5) is 0 Å². The highest BCUT2D eigenvalue weighted by atomic mass is 16.5. The summed E-state index contributed by atoms with van der Waals surface area (Å²) < 4.78 is 10.8. The maximum absolute atomic E-state index is 5.66. The van der Waals surface area contributed by atoms with E-state index in [1.54, 1.807) is 7.11 Å². The largest absolute Gasteiger partial charge is 0.497 e. The number of ether oxygens (including phenoxy) is 1. The van der Waals surface area contributed by atoms with Gasteiger partial charge >= 0.3 is 0 Å². The van der Waals surface area contributed by atoms with Gasteiger partial charge < -0.3 is 14.9 Å². The van der Waals surface area contributed by atoms with Gasteiger partial charge in [-0.25, -0.2) is 0 Å². The fourth-order valence-corrected chi connectivity index (χ4v) is 1.86. The molecule has 3 nitrogen and oxygen atoms in total. The molecule has 0 aliphatic rings. The zero-order chi connectivity index (χ0) is 10.8. The van der Waals surface area contributed by atoms with Crippen LogP contribution in [-0.2, 0) is 13.0 Å². The van der Waals surface area contributed by atoms with Crippen LogP contribution in [0.2, 0.25) is 0 Å². The summed E-state index contributed by atoms with van der Waals surface area (Å²) >= 11 is 0. The van der Waals surface area contributed by atoms with Crippen LogP contribution in [0.5, 0.6) is 5.75 Å². The maximum atomic E-state index is 5.66.